The van der Waals surface area contributed by atoms with E-state index in [0.29, 0.717) is 17.5 Å². The van der Waals surface area contributed by atoms with E-state index in [0.717, 1.165) is 33.5 Å². The van der Waals surface area contributed by atoms with Gasteiger partial charge in [-0.25, -0.2) is 19.9 Å². The fraction of sp³-hybridized carbons (Fsp3) is 0. The van der Waals surface area contributed by atoms with Gasteiger partial charge in [-0.1, -0.05) is 152 Å². The maximum Gasteiger partial charge on any atom is 0.164 e. The van der Waals surface area contributed by atoms with Gasteiger partial charge in [0.2, 0.25) is 0 Å². The zero-order chi connectivity index (χ0) is 35.6. The Balaban J connectivity index is 1.01. The molecule has 11 aromatic rings. The molecule has 0 saturated heterocycles. The van der Waals surface area contributed by atoms with Gasteiger partial charge >= 0.3 is 0 Å². The number of fused-ring (bicyclic) bond motifs is 8. The third-order valence-corrected chi connectivity index (χ3v) is 12.6. The molecule has 4 aromatic heterocycles. The van der Waals surface area contributed by atoms with E-state index >= 15 is 0 Å². The van der Waals surface area contributed by atoms with Crippen molar-refractivity contribution in [2.45, 2.75) is 0 Å². The Morgan fingerprint density at radius 3 is 1.52 bits per heavy atom. The Morgan fingerprint density at radius 2 is 0.815 bits per heavy atom. The first-order valence-electron chi connectivity index (χ1n) is 17.9. The second-order valence-corrected chi connectivity index (χ2v) is 15.5. The van der Waals surface area contributed by atoms with Crippen molar-refractivity contribution in [3.8, 4) is 56.5 Å². The topological polar surface area (TPSA) is 51.6 Å². The number of benzene rings is 7. The minimum absolute atomic E-state index is 0.627. The van der Waals surface area contributed by atoms with Gasteiger partial charge < -0.3 is 0 Å². The van der Waals surface area contributed by atoms with Crippen LogP contribution in [0.25, 0.3) is 108 Å². The maximum atomic E-state index is 5.23. The minimum atomic E-state index is 0.627. The molecule has 0 unspecified atom stereocenters. The highest BCUT2D eigenvalue weighted by molar-refractivity contribution is 7.27. The van der Waals surface area contributed by atoms with E-state index in [2.05, 4.69) is 140 Å². The van der Waals surface area contributed by atoms with Gasteiger partial charge in [0.1, 0.15) is 0 Å². The van der Waals surface area contributed by atoms with E-state index in [1.807, 2.05) is 53.0 Å². The molecular weight excluding hydrogens is 697 g/mol. The zero-order valence-corrected chi connectivity index (χ0v) is 30.4. The lowest BCUT2D eigenvalue weighted by Crippen LogP contribution is -2.00. The van der Waals surface area contributed by atoms with Gasteiger partial charge in [0, 0.05) is 68.0 Å². The molecule has 54 heavy (non-hydrogen) atoms. The highest BCUT2D eigenvalue weighted by atomic mass is 32.1. The van der Waals surface area contributed by atoms with Crippen molar-refractivity contribution in [3.05, 3.63) is 170 Å². The molecule has 0 amide bonds. The molecule has 0 aliphatic rings. The van der Waals surface area contributed by atoms with E-state index in [9.17, 15) is 0 Å². The maximum absolute atomic E-state index is 5.23. The van der Waals surface area contributed by atoms with Crippen molar-refractivity contribution in [1.82, 2.24) is 19.9 Å². The molecule has 4 nitrogen and oxygen atoms in total. The summed E-state index contributed by atoms with van der Waals surface area (Å²) in [5.74, 6) is 1.90. The van der Waals surface area contributed by atoms with Crippen LogP contribution >= 0.6 is 22.7 Å². The zero-order valence-electron chi connectivity index (χ0n) is 28.8. The summed E-state index contributed by atoms with van der Waals surface area (Å²) < 4.78 is 5.13. The first-order valence-corrected chi connectivity index (χ1v) is 19.5. The van der Waals surface area contributed by atoms with Crippen molar-refractivity contribution in [2.24, 2.45) is 0 Å². The number of thiophene rings is 2. The third kappa shape index (κ3) is 5.11. The van der Waals surface area contributed by atoms with E-state index in [4.69, 9.17) is 19.9 Å². The smallest absolute Gasteiger partial charge is 0.164 e. The van der Waals surface area contributed by atoms with Crippen LogP contribution < -0.4 is 0 Å². The van der Waals surface area contributed by atoms with Gasteiger partial charge in [-0.2, -0.15) is 0 Å². The van der Waals surface area contributed by atoms with Crippen LogP contribution in [0.3, 0.4) is 0 Å². The quantitative estimate of drug-likeness (QED) is 0.177. The van der Waals surface area contributed by atoms with Crippen molar-refractivity contribution in [2.75, 3.05) is 0 Å². The molecule has 0 N–H and O–H groups in total. The summed E-state index contributed by atoms with van der Waals surface area (Å²) in [6.45, 7) is 0. The predicted molar refractivity (Wildman–Crippen MR) is 228 cm³/mol. The van der Waals surface area contributed by atoms with Crippen LogP contribution in [-0.2, 0) is 0 Å². The molecule has 11 rings (SSSR count). The van der Waals surface area contributed by atoms with Crippen molar-refractivity contribution >= 4 is 73.9 Å². The molecule has 4 heterocycles. The molecule has 252 valence electrons. The lowest BCUT2D eigenvalue weighted by molar-refractivity contribution is 1.07. The van der Waals surface area contributed by atoms with Crippen LogP contribution in [0.4, 0.5) is 0 Å². The van der Waals surface area contributed by atoms with Crippen molar-refractivity contribution in [3.63, 3.8) is 0 Å². The highest BCUT2D eigenvalue weighted by Gasteiger charge is 2.18. The summed E-state index contributed by atoms with van der Waals surface area (Å²) in [6, 6.07) is 59.5. The average Bonchev–Trinajstić information content (AvgIpc) is 3.83. The largest absolute Gasteiger partial charge is 0.247 e. The number of aromatic nitrogens is 4. The summed E-state index contributed by atoms with van der Waals surface area (Å²) in [4.78, 5) is 20.3. The minimum Gasteiger partial charge on any atom is -0.247 e. The summed E-state index contributed by atoms with van der Waals surface area (Å²) in [6.07, 6.45) is 0. The van der Waals surface area contributed by atoms with Gasteiger partial charge in [-0.15, -0.1) is 22.7 Å². The molecule has 0 bridgehead atoms. The molecule has 7 aromatic carbocycles. The molecule has 0 saturated carbocycles. The normalized spacial score (nSPS) is 11.7. The number of para-hydroxylation sites is 1. The fourth-order valence-corrected chi connectivity index (χ4v) is 10.00. The van der Waals surface area contributed by atoms with E-state index in [1.54, 1.807) is 0 Å². The van der Waals surface area contributed by atoms with E-state index in [-0.39, 0.29) is 0 Å². The lowest BCUT2D eigenvalue weighted by Gasteiger charge is -2.11. The Kier molecular flexibility index (Phi) is 7.18. The van der Waals surface area contributed by atoms with Crippen LogP contribution in [-0.4, -0.2) is 19.9 Å². The number of hydrogen-bond donors (Lipinski definition) is 0. The van der Waals surface area contributed by atoms with Gasteiger partial charge in [-0.05, 0) is 29.3 Å². The van der Waals surface area contributed by atoms with E-state index in [1.165, 1.54) is 56.9 Å². The Bertz CT molecular complexity index is 3200. The Morgan fingerprint density at radius 1 is 0.315 bits per heavy atom. The van der Waals surface area contributed by atoms with Crippen molar-refractivity contribution < 1.29 is 0 Å². The molecule has 0 aliphatic carbocycles. The van der Waals surface area contributed by atoms with Gasteiger partial charge in [0.05, 0.1) is 11.2 Å². The predicted octanol–water partition coefficient (Wildman–Crippen LogP) is 13.5. The number of pyridine rings is 1. The average molecular weight is 725 g/mol. The fourth-order valence-electron chi connectivity index (χ4n) is 7.52. The monoisotopic (exact) mass is 724 g/mol. The molecule has 0 radical (unpaired) electrons. The summed E-state index contributed by atoms with van der Waals surface area (Å²) in [5.41, 5.74) is 8.23. The Labute approximate surface area is 318 Å². The number of rotatable bonds is 5. The van der Waals surface area contributed by atoms with Crippen LogP contribution in [0.5, 0.6) is 0 Å². The van der Waals surface area contributed by atoms with Gasteiger partial charge in [-0.3, -0.25) is 0 Å². The molecular formula is C48H28N4S2. The van der Waals surface area contributed by atoms with Crippen LogP contribution in [0.1, 0.15) is 0 Å². The number of nitrogens with zero attached hydrogens (tertiary/aromatic N) is 4. The highest BCUT2D eigenvalue weighted by Crippen LogP contribution is 2.43. The summed E-state index contributed by atoms with van der Waals surface area (Å²) >= 11 is 3.68. The first-order chi connectivity index (χ1) is 26.7. The summed E-state index contributed by atoms with van der Waals surface area (Å²) in [5, 5.41) is 6.21. The summed E-state index contributed by atoms with van der Waals surface area (Å²) in [7, 11) is 0. The van der Waals surface area contributed by atoms with Crippen molar-refractivity contribution in [1.29, 1.82) is 0 Å². The second kappa shape index (κ2) is 12.5. The molecule has 0 aliphatic heterocycles. The molecule has 6 heteroatoms. The molecule has 0 fully saturated rings. The first kappa shape index (κ1) is 31.0. The Hall–Kier alpha value is -6.60. The van der Waals surface area contributed by atoms with E-state index < -0.39 is 0 Å². The van der Waals surface area contributed by atoms with Gasteiger partial charge in [0.25, 0.3) is 0 Å². The van der Waals surface area contributed by atoms with Gasteiger partial charge in [0.15, 0.2) is 17.5 Å². The molecule has 0 atom stereocenters. The van der Waals surface area contributed by atoms with Crippen LogP contribution in [0.2, 0.25) is 0 Å². The SMILES string of the molecule is c1ccc(-c2nc(-c3ccc(-c4cccc5c4sc4ccccc45)cc3)nc(-c3ccc(-c4nc5ccccc5c5sc6ccccc6c45)cc3)n2)cc1. The number of hydrogen-bond acceptors (Lipinski definition) is 6. The lowest BCUT2D eigenvalue weighted by atomic mass is 10.0. The standard InChI is InChI=1S/C48H28N4S2/c1-2-11-31(12-3-1)46-50-47(32-25-21-29(22-26-32)34-16-10-17-36-35-13-5-8-19-40(35)53-44(34)36)52-48(51-46)33-27-23-30(24-28-33)43-42-38-15-6-9-20-41(38)54-45(42)37-14-4-7-18-39(37)49-43/h1-28H. The second-order valence-electron chi connectivity index (χ2n) is 13.4. The van der Waals surface area contributed by atoms with Crippen LogP contribution in [0.15, 0.2) is 170 Å². The molecule has 0 spiro atoms. The van der Waals surface area contributed by atoms with Crippen LogP contribution in [0, 0.1) is 0 Å². The third-order valence-electron chi connectivity index (χ3n) is 10.2.